The molecule has 0 aromatic heterocycles. The highest BCUT2D eigenvalue weighted by Crippen LogP contribution is 2.35. The Labute approximate surface area is 126 Å². The second kappa shape index (κ2) is 7.25. The summed E-state index contributed by atoms with van der Waals surface area (Å²) in [6.07, 6.45) is 9.18. The Morgan fingerprint density at radius 3 is 2.10 bits per heavy atom. The van der Waals surface area contributed by atoms with Crippen LogP contribution in [0.3, 0.4) is 0 Å². The summed E-state index contributed by atoms with van der Waals surface area (Å²) in [6, 6.07) is 0.125. The number of amides is 1. The number of carbonyl (C=O) groups is 2. The molecule has 0 aromatic rings. The maximum atomic E-state index is 12.7. The topological polar surface area (TPSA) is 92.4 Å². The summed E-state index contributed by atoms with van der Waals surface area (Å²) in [7, 11) is 0. The fourth-order valence-corrected chi connectivity index (χ4v) is 3.75. The number of carbonyl (C=O) groups excluding carboxylic acids is 1. The Balaban J connectivity index is 1.89. The zero-order valence-corrected chi connectivity index (χ0v) is 12.8. The highest BCUT2D eigenvalue weighted by Gasteiger charge is 2.38. The molecule has 0 bridgehead atoms. The van der Waals surface area contributed by atoms with Crippen LogP contribution in [0, 0.1) is 11.3 Å². The summed E-state index contributed by atoms with van der Waals surface area (Å²) in [5.41, 5.74) is 5.55. The van der Waals surface area contributed by atoms with Gasteiger partial charge in [-0.2, -0.15) is 0 Å². The van der Waals surface area contributed by atoms with E-state index in [0.29, 0.717) is 19.4 Å². The lowest BCUT2D eigenvalue weighted by Crippen LogP contribution is -2.50. The van der Waals surface area contributed by atoms with E-state index in [1.54, 1.807) is 0 Å². The third kappa shape index (κ3) is 3.96. The average molecular weight is 296 g/mol. The fourth-order valence-electron chi connectivity index (χ4n) is 3.75. The maximum Gasteiger partial charge on any atom is 0.306 e. The van der Waals surface area contributed by atoms with Crippen LogP contribution in [0.15, 0.2) is 0 Å². The summed E-state index contributed by atoms with van der Waals surface area (Å²) in [6.45, 7) is 0.420. The average Bonchev–Trinajstić information content (AvgIpc) is 2.74. The van der Waals surface area contributed by atoms with Crippen molar-refractivity contribution < 1.29 is 14.7 Å². The van der Waals surface area contributed by atoms with Crippen LogP contribution < -0.4 is 11.1 Å². The second-order valence-electron chi connectivity index (χ2n) is 6.76. The molecular formula is C16H28N2O3. The third-order valence-corrected chi connectivity index (χ3v) is 5.34. The number of nitrogens with two attached hydrogens (primary N) is 1. The second-order valence-corrected chi connectivity index (χ2v) is 6.76. The molecule has 0 atom stereocenters. The Hall–Kier alpha value is -1.10. The zero-order chi connectivity index (χ0) is 15.3. The molecule has 0 heterocycles. The molecule has 120 valence electrons. The van der Waals surface area contributed by atoms with E-state index in [0.717, 1.165) is 38.5 Å². The number of hydrogen-bond acceptors (Lipinski definition) is 3. The van der Waals surface area contributed by atoms with Crippen molar-refractivity contribution >= 4 is 11.9 Å². The first-order valence-corrected chi connectivity index (χ1v) is 8.31. The molecule has 0 aliphatic heterocycles. The van der Waals surface area contributed by atoms with E-state index < -0.39 is 5.97 Å². The lowest BCUT2D eigenvalue weighted by molar-refractivity contribution is -0.142. The van der Waals surface area contributed by atoms with Crippen molar-refractivity contribution in [2.75, 3.05) is 6.54 Å². The number of carboxylic acids is 1. The molecule has 2 aliphatic carbocycles. The van der Waals surface area contributed by atoms with Crippen LogP contribution in [0.25, 0.3) is 0 Å². The van der Waals surface area contributed by atoms with Crippen LogP contribution in [0.5, 0.6) is 0 Å². The molecule has 4 N–H and O–H groups in total. The zero-order valence-electron chi connectivity index (χ0n) is 12.8. The Kier molecular flexibility index (Phi) is 5.62. The largest absolute Gasteiger partial charge is 0.481 e. The van der Waals surface area contributed by atoms with E-state index in [-0.39, 0.29) is 23.3 Å². The van der Waals surface area contributed by atoms with Gasteiger partial charge in [-0.1, -0.05) is 25.7 Å². The van der Waals surface area contributed by atoms with E-state index in [1.807, 2.05) is 0 Å². The van der Waals surface area contributed by atoms with Gasteiger partial charge < -0.3 is 16.2 Å². The van der Waals surface area contributed by atoms with E-state index in [4.69, 9.17) is 10.8 Å². The monoisotopic (exact) mass is 296 g/mol. The minimum absolute atomic E-state index is 0.102. The quantitative estimate of drug-likeness (QED) is 0.692. The lowest BCUT2D eigenvalue weighted by Gasteiger charge is -2.34. The molecular weight excluding hydrogens is 268 g/mol. The summed E-state index contributed by atoms with van der Waals surface area (Å²) < 4.78 is 0. The van der Waals surface area contributed by atoms with Gasteiger partial charge in [0.2, 0.25) is 5.91 Å². The van der Waals surface area contributed by atoms with E-state index in [2.05, 4.69) is 5.32 Å². The van der Waals surface area contributed by atoms with Crippen LogP contribution in [-0.2, 0) is 9.59 Å². The third-order valence-electron chi connectivity index (χ3n) is 5.34. The number of carboxylic acid groups (broad SMARTS) is 1. The molecule has 2 rings (SSSR count). The molecule has 2 fully saturated rings. The number of aliphatic carboxylic acids is 1. The summed E-state index contributed by atoms with van der Waals surface area (Å²) in [4.78, 5) is 23.6. The molecule has 5 nitrogen and oxygen atoms in total. The van der Waals surface area contributed by atoms with Crippen LogP contribution in [0.1, 0.15) is 64.2 Å². The van der Waals surface area contributed by atoms with Crippen LogP contribution in [0.2, 0.25) is 0 Å². The standard InChI is InChI=1S/C16H28N2O3/c17-11-16(9-3-1-2-4-10-16)15(21)18-13-7-5-12(6-8-13)14(19)20/h12-13H,1-11,17H2,(H,18,21)(H,19,20). The summed E-state index contributed by atoms with van der Waals surface area (Å²) in [5, 5.41) is 12.2. The van der Waals surface area contributed by atoms with Crippen molar-refractivity contribution in [1.29, 1.82) is 0 Å². The Morgan fingerprint density at radius 1 is 1.05 bits per heavy atom. The maximum absolute atomic E-state index is 12.7. The van der Waals surface area contributed by atoms with Crippen molar-refractivity contribution in [3.05, 3.63) is 0 Å². The number of hydrogen-bond donors (Lipinski definition) is 3. The van der Waals surface area contributed by atoms with Gasteiger partial charge in [-0.3, -0.25) is 9.59 Å². The van der Waals surface area contributed by atoms with Crippen molar-refractivity contribution in [2.24, 2.45) is 17.1 Å². The first-order valence-electron chi connectivity index (χ1n) is 8.31. The van der Waals surface area contributed by atoms with Crippen molar-refractivity contribution in [3.63, 3.8) is 0 Å². The smallest absolute Gasteiger partial charge is 0.306 e. The lowest BCUT2D eigenvalue weighted by atomic mass is 9.78. The molecule has 2 aliphatic rings. The van der Waals surface area contributed by atoms with Gasteiger partial charge in [0.1, 0.15) is 0 Å². The van der Waals surface area contributed by atoms with Gasteiger partial charge in [0.25, 0.3) is 0 Å². The summed E-state index contributed by atoms with van der Waals surface area (Å²) in [5.74, 6) is -0.841. The SMILES string of the molecule is NCC1(C(=O)NC2CCC(C(=O)O)CC2)CCCCCC1. The number of rotatable bonds is 4. The Morgan fingerprint density at radius 2 is 1.62 bits per heavy atom. The predicted octanol–water partition coefficient (Wildman–Crippen LogP) is 2.05. The first-order chi connectivity index (χ1) is 10.1. The molecule has 0 saturated heterocycles. The highest BCUT2D eigenvalue weighted by molar-refractivity contribution is 5.83. The normalized spacial score (nSPS) is 29.4. The van der Waals surface area contributed by atoms with Gasteiger partial charge in [0.05, 0.1) is 11.3 Å². The molecule has 5 heteroatoms. The minimum atomic E-state index is -0.707. The highest BCUT2D eigenvalue weighted by atomic mass is 16.4. The van der Waals surface area contributed by atoms with E-state index in [9.17, 15) is 9.59 Å². The van der Waals surface area contributed by atoms with Crippen LogP contribution in [-0.4, -0.2) is 29.6 Å². The molecule has 2 saturated carbocycles. The van der Waals surface area contributed by atoms with Gasteiger partial charge in [-0.15, -0.1) is 0 Å². The van der Waals surface area contributed by atoms with Crippen LogP contribution in [0.4, 0.5) is 0 Å². The van der Waals surface area contributed by atoms with Gasteiger partial charge in [0.15, 0.2) is 0 Å². The van der Waals surface area contributed by atoms with Crippen molar-refractivity contribution in [3.8, 4) is 0 Å². The van der Waals surface area contributed by atoms with Crippen LogP contribution >= 0.6 is 0 Å². The molecule has 21 heavy (non-hydrogen) atoms. The molecule has 0 radical (unpaired) electrons. The molecule has 0 unspecified atom stereocenters. The van der Waals surface area contributed by atoms with Gasteiger partial charge in [-0.05, 0) is 38.5 Å². The summed E-state index contributed by atoms with van der Waals surface area (Å²) >= 11 is 0. The minimum Gasteiger partial charge on any atom is -0.481 e. The first kappa shape index (κ1) is 16.3. The van der Waals surface area contributed by atoms with Gasteiger partial charge in [0, 0.05) is 12.6 Å². The van der Waals surface area contributed by atoms with Gasteiger partial charge in [-0.25, -0.2) is 0 Å². The van der Waals surface area contributed by atoms with Crippen molar-refractivity contribution in [1.82, 2.24) is 5.32 Å². The van der Waals surface area contributed by atoms with E-state index in [1.165, 1.54) is 12.8 Å². The Bertz CT molecular complexity index is 368. The molecule has 0 aromatic carbocycles. The van der Waals surface area contributed by atoms with E-state index >= 15 is 0 Å². The van der Waals surface area contributed by atoms with Crippen molar-refractivity contribution in [2.45, 2.75) is 70.3 Å². The predicted molar refractivity (Wildman–Crippen MR) is 80.7 cm³/mol. The number of nitrogens with one attached hydrogen (secondary N) is 1. The van der Waals surface area contributed by atoms with Gasteiger partial charge >= 0.3 is 5.97 Å². The molecule has 0 spiro atoms. The fraction of sp³-hybridized carbons (Fsp3) is 0.875. The molecule has 1 amide bonds.